The van der Waals surface area contributed by atoms with Crippen LogP contribution in [0.4, 0.5) is 5.69 Å². The molecule has 2 aromatic rings. The molecule has 1 saturated carbocycles. The summed E-state index contributed by atoms with van der Waals surface area (Å²) in [6.07, 6.45) is 6.50. The Morgan fingerprint density at radius 1 is 1.25 bits per heavy atom. The summed E-state index contributed by atoms with van der Waals surface area (Å²) in [7, 11) is 0. The summed E-state index contributed by atoms with van der Waals surface area (Å²) in [6.45, 7) is 2.16. The number of thiophene rings is 1. The monoisotopic (exact) mass is 341 g/mol. The number of allylic oxidation sites excluding steroid dienone is 2. The molecule has 124 valence electrons. The first-order valence-corrected chi connectivity index (χ1v) is 9.15. The highest BCUT2D eigenvalue weighted by molar-refractivity contribution is 7.20. The van der Waals surface area contributed by atoms with Gasteiger partial charge in [-0.3, -0.25) is 4.79 Å². The molecule has 4 nitrogen and oxygen atoms in total. The van der Waals surface area contributed by atoms with Gasteiger partial charge in [-0.15, -0.1) is 11.3 Å². The van der Waals surface area contributed by atoms with E-state index in [1.54, 1.807) is 6.92 Å². The number of benzene rings is 1. The standard InChI is InChI=1S/C19H19NO3S/c1-2-23-19(22)17-10-13-9-14(5-6-16(13)24-17)20-18(21)15-8-11-3-4-12(15)7-11/h3-6,9-12,15H,2,7-8H2,1H3,(H,20,21)/t11-,12-,15-/m0/s1. The zero-order valence-corrected chi connectivity index (χ0v) is 14.3. The molecule has 1 amide bonds. The Hall–Kier alpha value is -2.14. The molecule has 2 aliphatic carbocycles. The molecule has 2 bridgehead atoms. The molecule has 4 rings (SSSR count). The van der Waals surface area contributed by atoms with Gasteiger partial charge in [0.25, 0.3) is 0 Å². The number of hydrogen-bond acceptors (Lipinski definition) is 4. The van der Waals surface area contributed by atoms with Gasteiger partial charge in [-0.2, -0.15) is 0 Å². The van der Waals surface area contributed by atoms with Gasteiger partial charge in [-0.25, -0.2) is 4.79 Å². The summed E-state index contributed by atoms with van der Waals surface area (Å²) in [6, 6.07) is 7.59. The molecular weight excluding hydrogens is 322 g/mol. The van der Waals surface area contributed by atoms with Crippen LogP contribution in [0.15, 0.2) is 36.4 Å². The number of carbonyl (C=O) groups is 2. The maximum atomic E-state index is 12.5. The number of amides is 1. The van der Waals surface area contributed by atoms with E-state index in [4.69, 9.17) is 4.74 Å². The Kier molecular flexibility index (Phi) is 3.88. The van der Waals surface area contributed by atoms with Crippen LogP contribution in [0, 0.1) is 17.8 Å². The number of rotatable bonds is 4. The number of nitrogens with one attached hydrogen (secondary N) is 1. The van der Waals surface area contributed by atoms with Crippen molar-refractivity contribution < 1.29 is 14.3 Å². The summed E-state index contributed by atoms with van der Waals surface area (Å²) in [5, 5.41) is 3.99. The summed E-state index contributed by atoms with van der Waals surface area (Å²) >= 11 is 1.41. The average molecular weight is 341 g/mol. The molecule has 1 fully saturated rings. The Labute approximate surface area is 144 Å². The van der Waals surface area contributed by atoms with Crippen molar-refractivity contribution in [2.24, 2.45) is 17.8 Å². The quantitative estimate of drug-likeness (QED) is 0.669. The van der Waals surface area contributed by atoms with Gasteiger partial charge in [-0.1, -0.05) is 12.2 Å². The minimum Gasteiger partial charge on any atom is -0.462 e. The van der Waals surface area contributed by atoms with Crippen molar-refractivity contribution in [3.05, 3.63) is 41.3 Å². The number of hydrogen-bond donors (Lipinski definition) is 1. The first-order chi connectivity index (χ1) is 11.6. The molecule has 0 radical (unpaired) electrons. The van der Waals surface area contributed by atoms with Gasteiger partial charge >= 0.3 is 5.97 Å². The Morgan fingerprint density at radius 3 is 2.83 bits per heavy atom. The van der Waals surface area contributed by atoms with E-state index in [9.17, 15) is 9.59 Å². The molecule has 0 unspecified atom stereocenters. The van der Waals surface area contributed by atoms with Crippen molar-refractivity contribution in [3.63, 3.8) is 0 Å². The predicted octanol–water partition coefficient (Wildman–Crippen LogP) is 4.23. The molecule has 0 aliphatic heterocycles. The lowest BCUT2D eigenvalue weighted by molar-refractivity contribution is -0.120. The van der Waals surface area contributed by atoms with E-state index in [0.29, 0.717) is 23.3 Å². The van der Waals surface area contributed by atoms with Crippen LogP contribution in [0.2, 0.25) is 0 Å². The molecule has 3 atom stereocenters. The molecule has 2 aliphatic rings. The highest BCUT2D eigenvalue weighted by atomic mass is 32.1. The Morgan fingerprint density at radius 2 is 2.12 bits per heavy atom. The molecule has 0 saturated heterocycles. The molecule has 1 aromatic heterocycles. The maximum absolute atomic E-state index is 12.5. The van der Waals surface area contributed by atoms with Crippen molar-refractivity contribution in [2.75, 3.05) is 11.9 Å². The van der Waals surface area contributed by atoms with Crippen LogP contribution in [0.25, 0.3) is 10.1 Å². The zero-order chi connectivity index (χ0) is 16.7. The van der Waals surface area contributed by atoms with Crippen LogP contribution in [-0.2, 0) is 9.53 Å². The second kappa shape index (κ2) is 6.06. The van der Waals surface area contributed by atoms with Crippen molar-refractivity contribution in [1.82, 2.24) is 0 Å². The van der Waals surface area contributed by atoms with Crippen LogP contribution in [0.1, 0.15) is 29.4 Å². The Balaban J connectivity index is 1.51. The third kappa shape index (κ3) is 2.73. The van der Waals surface area contributed by atoms with Crippen molar-refractivity contribution >= 4 is 39.0 Å². The van der Waals surface area contributed by atoms with Crippen LogP contribution in [0.3, 0.4) is 0 Å². The van der Waals surface area contributed by atoms with Gasteiger partial charge < -0.3 is 10.1 Å². The van der Waals surface area contributed by atoms with E-state index in [2.05, 4.69) is 17.5 Å². The predicted molar refractivity (Wildman–Crippen MR) is 95.3 cm³/mol. The van der Waals surface area contributed by atoms with Crippen LogP contribution in [-0.4, -0.2) is 18.5 Å². The second-order valence-electron chi connectivity index (χ2n) is 6.46. The normalized spacial score (nSPS) is 24.5. The lowest BCUT2D eigenvalue weighted by Gasteiger charge is -2.17. The van der Waals surface area contributed by atoms with Gasteiger partial charge in [0.15, 0.2) is 0 Å². The molecule has 1 N–H and O–H groups in total. The van der Waals surface area contributed by atoms with Gasteiger partial charge in [0.1, 0.15) is 4.88 Å². The Bertz CT molecular complexity index is 838. The van der Waals surface area contributed by atoms with E-state index in [-0.39, 0.29) is 17.8 Å². The number of anilines is 1. The van der Waals surface area contributed by atoms with Gasteiger partial charge in [0, 0.05) is 16.3 Å². The summed E-state index contributed by atoms with van der Waals surface area (Å²) in [5.74, 6) is 0.880. The van der Waals surface area contributed by atoms with Crippen molar-refractivity contribution in [2.45, 2.75) is 19.8 Å². The van der Waals surface area contributed by atoms with Crippen LogP contribution >= 0.6 is 11.3 Å². The largest absolute Gasteiger partial charge is 0.462 e. The summed E-state index contributed by atoms with van der Waals surface area (Å²) < 4.78 is 6.06. The molecule has 5 heteroatoms. The lowest BCUT2D eigenvalue weighted by Crippen LogP contribution is -2.25. The number of carbonyl (C=O) groups excluding carboxylic acids is 2. The summed E-state index contributed by atoms with van der Waals surface area (Å²) in [5.41, 5.74) is 0.785. The molecule has 0 spiro atoms. The minimum absolute atomic E-state index is 0.0910. The van der Waals surface area contributed by atoms with Crippen molar-refractivity contribution in [1.29, 1.82) is 0 Å². The zero-order valence-electron chi connectivity index (χ0n) is 13.5. The fourth-order valence-corrected chi connectivity index (χ4v) is 4.68. The van der Waals surface area contributed by atoms with E-state index in [1.807, 2.05) is 24.3 Å². The summed E-state index contributed by atoms with van der Waals surface area (Å²) in [4.78, 5) is 25.0. The highest BCUT2D eigenvalue weighted by Gasteiger charge is 2.39. The SMILES string of the molecule is CCOC(=O)c1cc2cc(NC(=O)[C@H]3C[C@H]4C=C[C@H]3C4)ccc2s1. The molecule has 1 aromatic carbocycles. The first kappa shape index (κ1) is 15.4. The maximum Gasteiger partial charge on any atom is 0.348 e. The van der Waals surface area contributed by atoms with Gasteiger partial charge in [0.2, 0.25) is 5.91 Å². The van der Waals surface area contributed by atoms with Gasteiger partial charge in [0.05, 0.1) is 6.61 Å². The van der Waals surface area contributed by atoms with Crippen LogP contribution in [0.5, 0.6) is 0 Å². The van der Waals surface area contributed by atoms with E-state index >= 15 is 0 Å². The second-order valence-corrected chi connectivity index (χ2v) is 7.54. The van der Waals surface area contributed by atoms with Gasteiger partial charge in [-0.05, 0) is 61.3 Å². The van der Waals surface area contributed by atoms with Crippen LogP contribution < -0.4 is 5.32 Å². The minimum atomic E-state index is -0.293. The third-order valence-electron chi connectivity index (χ3n) is 4.88. The molecule has 1 heterocycles. The topological polar surface area (TPSA) is 55.4 Å². The average Bonchev–Trinajstić information content (AvgIpc) is 3.29. The third-order valence-corrected chi connectivity index (χ3v) is 5.97. The molecule has 24 heavy (non-hydrogen) atoms. The molecular formula is C19H19NO3S. The smallest absolute Gasteiger partial charge is 0.348 e. The number of ether oxygens (including phenoxy) is 1. The van der Waals surface area contributed by atoms with E-state index in [0.717, 1.165) is 28.6 Å². The van der Waals surface area contributed by atoms with Crippen molar-refractivity contribution in [3.8, 4) is 0 Å². The first-order valence-electron chi connectivity index (χ1n) is 8.34. The fraction of sp³-hybridized carbons (Fsp3) is 0.368. The highest BCUT2D eigenvalue weighted by Crippen LogP contribution is 2.43. The van der Waals surface area contributed by atoms with E-state index in [1.165, 1.54) is 11.3 Å². The lowest BCUT2D eigenvalue weighted by atomic mass is 9.93. The fourth-order valence-electron chi connectivity index (χ4n) is 3.74. The number of esters is 1. The number of fused-ring (bicyclic) bond motifs is 3. The van der Waals surface area contributed by atoms with E-state index < -0.39 is 0 Å².